The summed E-state index contributed by atoms with van der Waals surface area (Å²) >= 11 is 0. The summed E-state index contributed by atoms with van der Waals surface area (Å²) in [6, 6.07) is 7.28. The quantitative estimate of drug-likeness (QED) is 0.386. The van der Waals surface area contributed by atoms with Crippen molar-refractivity contribution in [3.8, 4) is 6.07 Å². The van der Waals surface area contributed by atoms with E-state index >= 15 is 0 Å². The Morgan fingerprint density at radius 2 is 1.48 bits per heavy atom. The Morgan fingerprint density at radius 1 is 0.889 bits per heavy atom. The van der Waals surface area contributed by atoms with Crippen LogP contribution >= 0.6 is 0 Å². The van der Waals surface area contributed by atoms with Crippen molar-refractivity contribution in [2.75, 3.05) is 0 Å². The molecule has 0 aromatic heterocycles. The molecule has 2 heteroatoms. The number of nitriles is 1. The van der Waals surface area contributed by atoms with Crippen LogP contribution in [0.4, 0.5) is 4.39 Å². The lowest BCUT2D eigenvalue weighted by atomic mass is 9.51. The molecule has 4 rings (SSSR count). The van der Waals surface area contributed by atoms with E-state index in [4.69, 9.17) is 5.26 Å². The van der Waals surface area contributed by atoms with Gasteiger partial charge in [0.2, 0.25) is 0 Å². The first-order chi connectivity index (χ1) is 13.1. The number of nitrogens with zero attached hydrogens (tertiary/aromatic N) is 1. The van der Waals surface area contributed by atoms with Crippen LogP contribution in [0.3, 0.4) is 0 Å². The van der Waals surface area contributed by atoms with E-state index in [1.54, 1.807) is 12.1 Å². The molecule has 0 heterocycles. The molecule has 3 aliphatic carbocycles. The van der Waals surface area contributed by atoms with Crippen molar-refractivity contribution in [1.29, 1.82) is 5.26 Å². The zero-order valence-electron chi connectivity index (χ0n) is 17.2. The number of hydrogen-bond donors (Lipinski definition) is 0. The smallest absolute Gasteiger partial charge is 0.141 e. The molecule has 0 radical (unpaired) electrons. The van der Waals surface area contributed by atoms with Gasteiger partial charge in [-0.05, 0) is 73.5 Å². The third-order valence-electron chi connectivity index (χ3n) is 7.66. The lowest BCUT2D eigenvalue weighted by Gasteiger charge is -2.54. The molecule has 0 unspecified atom stereocenters. The maximum Gasteiger partial charge on any atom is 0.141 e. The number of rotatable bonds is 10. The lowest BCUT2D eigenvalue weighted by Crippen LogP contribution is -2.44. The van der Waals surface area contributed by atoms with E-state index in [1.807, 2.05) is 12.1 Å². The number of unbranched alkanes of at least 4 members (excludes halogenated alkanes) is 7. The van der Waals surface area contributed by atoms with Crippen molar-refractivity contribution in [2.24, 2.45) is 5.41 Å². The summed E-state index contributed by atoms with van der Waals surface area (Å²) in [5, 5.41) is 8.97. The normalized spacial score (nSPS) is 26.9. The van der Waals surface area contributed by atoms with Crippen molar-refractivity contribution in [1.82, 2.24) is 0 Å². The number of benzene rings is 1. The van der Waals surface area contributed by atoms with Gasteiger partial charge in [0.15, 0.2) is 0 Å². The van der Waals surface area contributed by atoms with Crippen LogP contribution in [0.25, 0.3) is 0 Å². The van der Waals surface area contributed by atoms with Crippen molar-refractivity contribution in [2.45, 2.75) is 109 Å². The number of fused-ring (bicyclic) bond motifs is 3. The molecule has 3 saturated carbocycles. The van der Waals surface area contributed by atoms with Crippen LogP contribution in [0.2, 0.25) is 0 Å². The molecular weight excluding hydrogens is 333 g/mol. The van der Waals surface area contributed by atoms with Crippen LogP contribution in [-0.2, 0) is 5.41 Å². The number of hydrogen-bond acceptors (Lipinski definition) is 1. The van der Waals surface area contributed by atoms with Crippen LogP contribution in [0.15, 0.2) is 18.2 Å². The van der Waals surface area contributed by atoms with Gasteiger partial charge in [0.05, 0.1) is 5.56 Å². The largest absolute Gasteiger partial charge is 0.206 e. The van der Waals surface area contributed by atoms with E-state index in [1.165, 1.54) is 96.3 Å². The second-order valence-electron chi connectivity index (χ2n) is 9.31. The van der Waals surface area contributed by atoms with Crippen LogP contribution in [-0.4, -0.2) is 0 Å². The molecule has 2 bridgehead atoms. The van der Waals surface area contributed by atoms with Crippen molar-refractivity contribution in [3.63, 3.8) is 0 Å². The molecule has 0 aliphatic heterocycles. The third kappa shape index (κ3) is 4.74. The zero-order chi connectivity index (χ0) is 19.2. The summed E-state index contributed by atoms with van der Waals surface area (Å²) in [7, 11) is 0. The minimum Gasteiger partial charge on any atom is -0.206 e. The minimum atomic E-state index is -0.342. The Balaban J connectivity index is 1.45. The Morgan fingerprint density at radius 3 is 2.04 bits per heavy atom. The van der Waals surface area contributed by atoms with Gasteiger partial charge in [-0.15, -0.1) is 0 Å². The molecule has 27 heavy (non-hydrogen) atoms. The predicted molar refractivity (Wildman–Crippen MR) is 110 cm³/mol. The van der Waals surface area contributed by atoms with Gasteiger partial charge < -0.3 is 0 Å². The zero-order valence-corrected chi connectivity index (χ0v) is 17.2. The van der Waals surface area contributed by atoms with Gasteiger partial charge in [0, 0.05) is 0 Å². The highest BCUT2D eigenvalue weighted by Gasteiger charge is 2.48. The highest BCUT2D eigenvalue weighted by atomic mass is 19.1. The predicted octanol–water partition coefficient (Wildman–Crippen LogP) is 7.82. The van der Waals surface area contributed by atoms with E-state index in [0.29, 0.717) is 5.41 Å². The van der Waals surface area contributed by atoms with E-state index in [0.717, 1.165) is 5.56 Å². The molecule has 0 saturated heterocycles. The molecule has 3 fully saturated rings. The van der Waals surface area contributed by atoms with Crippen molar-refractivity contribution >= 4 is 0 Å². The first-order valence-corrected chi connectivity index (χ1v) is 11.3. The monoisotopic (exact) mass is 369 g/mol. The second kappa shape index (κ2) is 9.22. The fraction of sp³-hybridized carbons (Fsp3) is 0.720. The summed E-state index contributed by atoms with van der Waals surface area (Å²) in [6.45, 7) is 2.28. The average Bonchev–Trinajstić information content (AvgIpc) is 2.71. The second-order valence-corrected chi connectivity index (χ2v) is 9.31. The molecule has 0 atom stereocenters. The van der Waals surface area contributed by atoms with Gasteiger partial charge in [-0.3, -0.25) is 0 Å². The van der Waals surface area contributed by atoms with Crippen LogP contribution < -0.4 is 0 Å². The average molecular weight is 370 g/mol. The van der Waals surface area contributed by atoms with Gasteiger partial charge in [-0.2, -0.15) is 5.26 Å². The van der Waals surface area contributed by atoms with E-state index < -0.39 is 0 Å². The Labute approximate surface area is 165 Å². The van der Waals surface area contributed by atoms with Gasteiger partial charge in [-0.1, -0.05) is 64.4 Å². The maximum atomic E-state index is 14.1. The van der Waals surface area contributed by atoms with Gasteiger partial charge >= 0.3 is 0 Å². The first-order valence-electron chi connectivity index (χ1n) is 11.3. The minimum absolute atomic E-state index is 0.172. The first kappa shape index (κ1) is 20.4. The number of halogens is 1. The molecule has 0 N–H and O–H groups in total. The van der Waals surface area contributed by atoms with E-state index in [9.17, 15) is 4.39 Å². The van der Waals surface area contributed by atoms with E-state index in [-0.39, 0.29) is 16.8 Å². The molecule has 3 aliphatic rings. The van der Waals surface area contributed by atoms with Gasteiger partial charge in [0.1, 0.15) is 11.9 Å². The van der Waals surface area contributed by atoms with E-state index in [2.05, 4.69) is 6.92 Å². The standard InChI is InChI=1S/C25H36FN/c1-2-3-4-5-6-7-8-9-12-24-13-16-25(17-14-24,18-15-24)22-11-10-21(20-27)23(26)19-22/h10-11,19H,2-9,12-18H2,1H3. The topological polar surface area (TPSA) is 23.8 Å². The van der Waals surface area contributed by atoms with Crippen LogP contribution in [0.5, 0.6) is 0 Å². The van der Waals surface area contributed by atoms with Crippen molar-refractivity contribution < 1.29 is 4.39 Å². The summed E-state index contributed by atoms with van der Waals surface area (Å²) in [5.74, 6) is -0.342. The molecule has 0 spiro atoms. The van der Waals surface area contributed by atoms with Gasteiger partial charge in [-0.25, -0.2) is 4.39 Å². The highest BCUT2D eigenvalue weighted by Crippen LogP contribution is 2.59. The van der Waals surface area contributed by atoms with Crippen LogP contribution in [0.1, 0.15) is 114 Å². The summed E-state index contributed by atoms with van der Waals surface area (Å²) in [4.78, 5) is 0. The molecule has 1 aromatic rings. The maximum absolute atomic E-state index is 14.1. The summed E-state index contributed by atoms with van der Waals surface area (Å²) in [6.07, 6.45) is 20.1. The molecule has 1 aromatic carbocycles. The van der Waals surface area contributed by atoms with Crippen LogP contribution in [0, 0.1) is 22.6 Å². The Bertz CT molecular complexity index is 632. The highest BCUT2D eigenvalue weighted by molar-refractivity contribution is 5.37. The van der Waals surface area contributed by atoms with Gasteiger partial charge in [0.25, 0.3) is 0 Å². The fourth-order valence-corrected chi connectivity index (χ4v) is 5.64. The molecule has 0 amide bonds. The lowest BCUT2D eigenvalue weighted by molar-refractivity contribution is 0.0303. The third-order valence-corrected chi connectivity index (χ3v) is 7.66. The summed E-state index contributed by atoms with van der Waals surface area (Å²) in [5.41, 5.74) is 2.07. The fourth-order valence-electron chi connectivity index (χ4n) is 5.64. The molecule has 148 valence electrons. The molecular formula is C25H36FN. The Kier molecular flexibility index (Phi) is 6.96. The molecule has 1 nitrogen and oxygen atoms in total. The summed E-state index contributed by atoms with van der Waals surface area (Å²) < 4.78 is 14.1. The van der Waals surface area contributed by atoms with Crippen molar-refractivity contribution in [3.05, 3.63) is 35.1 Å². The SMILES string of the molecule is CCCCCCCCCCC12CCC(c3ccc(C#N)c(F)c3)(CC1)CC2. The Hall–Kier alpha value is -1.36.